The second kappa shape index (κ2) is 2.42. The van der Waals surface area contributed by atoms with E-state index in [9.17, 15) is 9.59 Å². The molecule has 0 saturated heterocycles. The number of nitriles is 1. The summed E-state index contributed by atoms with van der Waals surface area (Å²) in [6.07, 6.45) is 0. The van der Waals surface area contributed by atoms with Gasteiger partial charge in [0.05, 0.1) is 0 Å². The molecule has 0 aromatic rings. The van der Waals surface area contributed by atoms with Crippen LogP contribution in [0.25, 0.3) is 0 Å². The molecule has 0 aromatic heterocycles. The number of nitrogens with one attached hydrogen (secondary N) is 2. The first-order valence-corrected chi connectivity index (χ1v) is 2.88. The van der Waals surface area contributed by atoms with Crippen molar-refractivity contribution in [3.63, 3.8) is 0 Å². The highest BCUT2D eigenvalue weighted by molar-refractivity contribution is 6.20. The summed E-state index contributed by atoms with van der Waals surface area (Å²) < 4.78 is 0. The normalized spacial score (nSPS) is 16.4. The minimum atomic E-state index is -0.637. The highest BCUT2D eigenvalue weighted by Gasteiger charge is 2.29. The number of carbonyl (C=O) groups excluding carboxylic acids is 2. The molecule has 1 rings (SSSR count). The van der Waals surface area contributed by atoms with Gasteiger partial charge < -0.3 is 5.32 Å². The standard InChI is InChI=1S/C6H5N3O2/c1-8-4-3(2-7)5(10)9-6(4)11/h1H3,(H2,8,9,10,11). The molecule has 2 N–H and O–H groups in total. The van der Waals surface area contributed by atoms with Crippen LogP contribution in [0.2, 0.25) is 0 Å². The van der Waals surface area contributed by atoms with Crippen molar-refractivity contribution in [1.29, 1.82) is 5.26 Å². The maximum atomic E-state index is 10.8. The van der Waals surface area contributed by atoms with Crippen molar-refractivity contribution in [3.8, 4) is 6.07 Å². The molecule has 1 aliphatic rings. The lowest BCUT2D eigenvalue weighted by Gasteiger charge is -1.93. The third kappa shape index (κ3) is 0.942. The quantitative estimate of drug-likeness (QED) is 0.453. The van der Waals surface area contributed by atoms with E-state index in [0.717, 1.165) is 0 Å². The summed E-state index contributed by atoms with van der Waals surface area (Å²) in [6.45, 7) is 0. The van der Waals surface area contributed by atoms with Gasteiger partial charge in [0.15, 0.2) is 0 Å². The molecule has 2 amide bonds. The third-order valence-electron chi connectivity index (χ3n) is 1.29. The van der Waals surface area contributed by atoms with Gasteiger partial charge in [-0.15, -0.1) is 0 Å². The van der Waals surface area contributed by atoms with Crippen LogP contribution >= 0.6 is 0 Å². The number of amides is 2. The molecule has 0 atom stereocenters. The minimum absolute atomic E-state index is 0.0394. The summed E-state index contributed by atoms with van der Waals surface area (Å²) in [5, 5.41) is 12.8. The van der Waals surface area contributed by atoms with Crippen molar-refractivity contribution < 1.29 is 9.59 Å². The predicted molar refractivity (Wildman–Crippen MR) is 34.8 cm³/mol. The SMILES string of the molecule is CNC1=C(C#N)C(=O)NC1=O. The van der Waals surface area contributed by atoms with Gasteiger partial charge in [-0.3, -0.25) is 14.9 Å². The Morgan fingerprint density at radius 3 is 2.45 bits per heavy atom. The van der Waals surface area contributed by atoms with Crippen LogP contribution in [-0.2, 0) is 9.59 Å². The lowest BCUT2D eigenvalue weighted by molar-refractivity contribution is -0.124. The van der Waals surface area contributed by atoms with E-state index in [-0.39, 0.29) is 11.3 Å². The van der Waals surface area contributed by atoms with Crippen molar-refractivity contribution in [3.05, 3.63) is 11.3 Å². The van der Waals surface area contributed by atoms with E-state index in [0.29, 0.717) is 0 Å². The second-order valence-corrected chi connectivity index (χ2v) is 1.90. The smallest absolute Gasteiger partial charge is 0.275 e. The van der Waals surface area contributed by atoms with Crippen molar-refractivity contribution in [2.45, 2.75) is 0 Å². The summed E-state index contributed by atoms with van der Waals surface area (Å²) in [4.78, 5) is 21.5. The average molecular weight is 151 g/mol. The van der Waals surface area contributed by atoms with E-state index in [1.54, 1.807) is 6.07 Å². The van der Waals surface area contributed by atoms with Crippen molar-refractivity contribution in [2.75, 3.05) is 7.05 Å². The van der Waals surface area contributed by atoms with Crippen LogP contribution < -0.4 is 10.6 Å². The van der Waals surface area contributed by atoms with E-state index < -0.39 is 11.8 Å². The Morgan fingerprint density at radius 2 is 2.09 bits per heavy atom. The predicted octanol–water partition coefficient (Wildman–Crippen LogP) is -1.36. The Balaban J connectivity index is 3.15. The fourth-order valence-electron chi connectivity index (χ4n) is 0.800. The molecule has 1 aliphatic heterocycles. The number of rotatable bonds is 1. The maximum Gasteiger partial charge on any atom is 0.275 e. The molecule has 0 radical (unpaired) electrons. The number of hydrogen-bond donors (Lipinski definition) is 2. The monoisotopic (exact) mass is 151 g/mol. The molecule has 0 aromatic carbocycles. The second-order valence-electron chi connectivity index (χ2n) is 1.90. The zero-order valence-corrected chi connectivity index (χ0v) is 5.76. The van der Waals surface area contributed by atoms with Crippen LogP contribution in [0.3, 0.4) is 0 Å². The van der Waals surface area contributed by atoms with E-state index in [2.05, 4.69) is 5.32 Å². The molecule has 0 bridgehead atoms. The zero-order chi connectivity index (χ0) is 8.43. The Kier molecular flexibility index (Phi) is 1.60. The van der Waals surface area contributed by atoms with Gasteiger partial charge in [-0.25, -0.2) is 0 Å². The summed E-state index contributed by atoms with van der Waals surface area (Å²) in [5.41, 5.74) is -0.116. The summed E-state index contributed by atoms with van der Waals surface area (Å²) >= 11 is 0. The van der Waals surface area contributed by atoms with Crippen molar-refractivity contribution in [1.82, 2.24) is 10.6 Å². The fourth-order valence-corrected chi connectivity index (χ4v) is 0.800. The highest BCUT2D eigenvalue weighted by Crippen LogP contribution is 2.07. The summed E-state index contributed by atoms with van der Waals surface area (Å²) in [6, 6.07) is 1.63. The molecule has 5 heteroatoms. The van der Waals surface area contributed by atoms with Gasteiger partial charge in [0.2, 0.25) is 0 Å². The fraction of sp³-hybridized carbons (Fsp3) is 0.167. The number of likely N-dealkylation sites (N-methyl/N-ethyl adjacent to an activating group) is 1. The van der Waals surface area contributed by atoms with E-state index >= 15 is 0 Å². The van der Waals surface area contributed by atoms with Crippen LogP contribution in [0.5, 0.6) is 0 Å². The Hall–Kier alpha value is -1.83. The van der Waals surface area contributed by atoms with Gasteiger partial charge >= 0.3 is 0 Å². The first kappa shape index (κ1) is 7.28. The Bertz CT molecular complexity index is 297. The molecule has 1 heterocycles. The van der Waals surface area contributed by atoms with Gasteiger partial charge in [-0.1, -0.05) is 0 Å². The number of carbonyl (C=O) groups is 2. The van der Waals surface area contributed by atoms with Crippen LogP contribution in [0, 0.1) is 11.3 Å². The van der Waals surface area contributed by atoms with Gasteiger partial charge in [0, 0.05) is 7.05 Å². The van der Waals surface area contributed by atoms with Crippen LogP contribution in [0.4, 0.5) is 0 Å². The zero-order valence-electron chi connectivity index (χ0n) is 5.76. The molecule has 0 spiro atoms. The molecule has 56 valence electrons. The van der Waals surface area contributed by atoms with Crippen LogP contribution in [0.1, 0.15) is 0 Å². The molecule has 0 saturated carbocycles. The molecule has 0 unspecified atom stereocenters. The summed E-state index contributed by atoms with van der Waals surface area (Å²) in [5.74, 6) is -1.18. The van der Waals surface area contributed by atoms with Gasteiger partial charge in [-0.05, 0) is 0 Å². The van der Waals surface area contributed by atoms with E-state index in [4.69, 9.17) is 5.26 Å². The minimum Gasteiger partial charge on any atom is -0.382 e. The lowest BCUT2D eigenvalue weighted by Crippen LogP contribution is -2.25. The topological polar surface area (TPSA) is 82.0 Å². The third-order valence-corrected chi connectivity index (χ3v) is 1.29. The molecule has 5 nitrogen and oxygen atoms in total. The number of nitrogens with zero attached hydrogens (tertiary/aromatic N) is 1. The van der Waals surface area contributed by atoms with Crippen molar-refractivity contribution in [2.24, 2.45) is 0 Å². The lowest BCUT2D eigenvalue weighted by atomic mass is 10.2. The largest absolute Gasteiger partial charge is 0.382 e. The van der Waals surface area contributed by atoms with E-state index in [1.807, 2.05) is 5.32 Å². The Labute approximate surface area is 62.7 Å². The Morgan fingerprint density at radius 1 is 1.45 bits per heavy atom. The van der Waals surface area contributed by atoms with Crippen LogP contribution in [0.15, 0.2) is 11.3 Å². The average Bonchev–Trinajstić information content (AvgIpc) is 2.24. The molecular formula is C6H5N3O2. The first-order chi connectivity index (χ1) is 5.20. The van der Waals surface area contributed by atoms with Gasteiger partial charge in [-0.2, -0.15) is 5.26 Å². The maximum absolute atomic E-state index is 10.8. The van der Waals surface area contributed by atoms with Gasteiger partial charge in [0.1, 0.15) is 17.3 Å². The van der Waals surface area contributed by atoms with Crippen LogP contribution in [-0.4, -0.2) is 18.9 Å². The number of imide groups is 1. The molecule has 11 heavy (non-hydrogen) atoms. The first-order valence-electron chi connectivity index (χ1n) is 2.88. The highest BCUT2D eigenvalue weighted by atomic mass is 16.2. The number of hydrogen-bond acceptors (Lipinski definition) is 4. The molecular weight excluding hydrogens is 146 g/mol. The molecule has 0 fully saturated rings. The van der Waals surface area contributed by atoms with Crippen molar-refractivity contribution >= 4 is 11.8 Å². The summed E-state index contributed by atoms with van der Waals surface area (Å²) in [7, 11) is 1.48. The molecule has 0 aliphatic carbocycles. The van der Waals surface area contributed by atoms with E-state index in [1.165, 1.54) is 7.05 Å². The van der Waals surface area contributed by atoms with Gasteiger partial charge in [0.25, 0.3) is 11.8 Å².